The summed E-state index contributed by atoms with van der Waals surface area (Å²) in [6.07, 6.45) is 21.8. The minimum absolute atomic E-state index is 0.0357. The zero-order valence-corrected chi connectivity index (χ0v) is 76.1. The predicted molar refractivity (Wildman–Crippen MR) is 473 cm³/mol. The fraction of sp³-hybridized carbons (Fsp3) is 0.570. The van der Waals surface area contributed by atoms with E-state index in [1.807, 2.05) is 0 Å². The van der Waals surface area contributed by atoms with Crippen LogP contribution in [0.2, 0.25) is 10.6 Å². The molecular formula is C86H110Cl2F7N31O3. The predicted octanol–water partition coefficient (Wildman–Crippen LogP) is 16.3. The van der Waals surface area contributed by atoms with Crippen LogP contribution in [0.25, 0.3) is 11.4 Å². The van der Waals surface area contributed by atoms with Crippen molar-refractivity contribution in [3.8, 4) is 28.6 Å². The van der Waals surface area contributed by atoms with E-state index >= 15 is 8.78 Å². The molecule has 8 saturated heterocycles. The number of hydrogen-bond acceptors (Lipinski definition) is 31. The van der Waals surface area contributed by atoms with Gasteiger partial charge in [-0.25, -0.2) is 50.7 Å². The first-order chi connectivity index (χ1) is 61.0. The minimum atomic E-state index is -1.05. The molecular weight excluding hydrogens is 1720 g/mol. The maximum Gasteiger partial charge on any atom is 0.229 e. The summed E-state index contributed by atoms with van der Waals surface area (Å²) in [6, 6.07) is 11.2. The Kier molecular flexibility index (Phi) is 25.1. The Morgan fingerprint density at radius 3 is 1.09 bits per heavy atom. The van der Waals surface area contributed by atoms with Gasteiger partial charge in [-0.15, -0.1) is 10.2 Å². The molecule has 11 aliphatic heterocycles. The van der Waals surface area contributed by atoms with E-state index in [9.17, 15) is 22.0 Å². The van der Waals surface area contributed by atoms with Crippen LogP contribution in [0.1, 0.15) is 211 Å². The summed E-state index contributed by atoms with van der Waals surface area (Å²) in [5.74, 6) is -1.86. The SMILES string of the molecule is CC1(C)C[C@@H](Nc2nc(Cl)ncc2F)C[C@H]2CCCN21.CC1(C)C[C@H](Nc2nc(Cl)ncc2F)C[C@@H]2CCCN21.CC1(C)Oc2c(F)cc(N)cc2N(N=N)C1=N.CC1(C)Oc2c(F)cc(Nc3ncc(F)c(N[C@@H]4C[C@@H]5CCCN5C(C)(C)C4)n3)cc2-n2nnnc21.CC1(C)Oc2c(F)cc(Nc3ncc(F)c(N[C@H]4C[C@H]5CCCN5C(C)(C)C4)n3)cc2-n2nnnc21. The Morgan fingerprint density at radius 2 is 0.736 bits per heavy atom. The van der Waals surface area contributed by atoms with Crippen molar-refractivity contribution in [2.24, 2.45) is 5.22 Å². The molecule has 690 valence electrons. The monoisotopic (exact) mass is 1830 g/mol. The second-order valence-electron chi connectivity index (χ2n) is 38.9. The van der Waals surface area contributed by atoms with Crippen molar-refractivity contribution in [2.45, 2.75) is 287 Å². The third kappa shape index (κ3) is 19.2. The number of rotatable bonds is 13. The molecule has 0 unspecified atom stereocenters. The zero-order chi connectivity index (χ0) is 91.9. The van der Waals surface area contributed by atoms with Crippen LogP contribution < -0.4 is 56.9 Å². The van der Waals surface area contributed by atoms with Gasteiger partial charge in [-0.05, 0) is 288 Å². The highest BCUT2D eigenvalue weighted by Gasteiger charge is 2.49. The topological polar surface area (TPSA) is 392 Å². The molecule has 10 N–H and O–H groups in total. The highest BCUT2D eigenvalue weighted by Crippen LogP contribution is 2.48. The van der Waals surface area contributed by atoms with Crippen LogP contribution in [-0.2, 0) is 11.2 Å². The summed E-state index contributed by atoms with van der Waals surface area (Å²) in [5, 5.41) is 54.7. The Balaban J connectivity index is 0.000000122. The maximum absolute atomic E-state index is 15.0. The summed E-state index contributed by atoms with van der Waals surface area (Å²) < 4.78 is 121. The van der Waals surface area contributed by atoms with Crippen LogP contribution in [0.5, 0.6) is 17.2 Å². The fourth-order valence-electron chi connectivity index (χ4n) is 21.0. The second kappa shape index (κ2) is 35.4. The molecule has 34 nitrogen and oxygen atoms in total. The number of anilines is 10. The number of nitrogen functional groups attached to an aromatic ring is 1. The smallest absolute Gasteiger partial charge is 0.229 e. The number of benzene rings is 3. The molecule has 17 heterocycles. The van der Waals surface area contributed by atoms with Gasteiger partial charge in [0.1, 0.15) is 17.1 Å². The van der Waals surface area contributed by atoms with Gasteiger partial charge in [0.15, 0.2) is 116 Å². The van der Waals surface area contributed by atoms with E-state index in [1.54, 1.807) is 53.7 Å². The van der Waals surface area contributed by atoms with Gasteiger partial charge in [0.2, 0.25) is 22.5 Å². The van der Waals surface area contributed by atoms with E-state index in [0.717, 1.165) is 113 Å². The van der Waals surface area contributed by atoms with Crippen LogP contribution in [0.15, 0.2) is 66.4 Å². The van der Waals surface area contributed by atoms with E-state index in [4.69, 9.17) is 54.1 Å². The molecule has 3 aromatic carbocycles. The van der Waals surface area contributed by atoms with Gasteiger partial charge >= 0.3 is 0 Å². The fourth-order valence-corrected chi connectivity index (χ4v) is 21.2. The summed E-state index contributed by atoms with van der Waals surface area (Å²) in [7, 11) is 0. The van der Waals surface area contributed by atoms with E-state index in [0.29, 0.717) is 58.6 Å². The summed E-state index contributed by atoms with van der Waals surface area (Å²) in [4.78, 5) is 42.4. The highest BCUT2D eigenvalue weighted by atomic mass is 35.5. The van der Waals surface area contributed by atoms with Crippen molar-refractivity contribution < 1.29 is 44.9 Å². The number of aromatic nitrogens is 16. The van der Waals surface area contributed by atoms with Crippen LogP contribution in [0, 0.1) is 51.7 Å². The number of hydrogen-bond donors (Lipinski definition) is 9. The molecule has 20 rings (SSSR count). The van der Waals surface area contributed by atoms with E-state index < -0.39 is 57.5 Å². The second-order valence-corrected chi connectivity index (χ2v) is 39.6. The van der Waals surface area contributed by atoms with Crippen molar-refractivity contribution >= 4 is 87.0 Å². The molecule has 0 spiro atoms. The van der Waals surface area contributed by atoms with Crippen molar-refractivity contribution in [1.82, 2.24) is 99.9 Å². The molecule has 9 aromatic rings. The quantitative estimate of drug-likeness (QED) is 0.0224. The lowest BCUT2D eigenvalue weighted by Gasteiger charge is -2.47. The maximum atomic E-state index is 15.0. The molecule has 0 saturated carbocycles. The van der Waals surface area contributed by atoms with E-state index in [1.165, 1.54) is 79.2 Å². The molecule has 43 heteroatoms. The zero-order valence-electron chi connectivity index (χ0n) is 74.6. The van der Waals surface area contributed by atoms with E-state index in [-0.39, 0.29) is 127 Å². The van der Waals surface area contributed by atoms with Gasteiger partial charge in [-0.3, -0.25) is 25.0 Å². The van der Waals surface area contributed by atoms with Gasteiger partial charge in [0, 0.05) is 106 Å². The number of nitrogens with zero attached hydrogens (tertiary/aromatic N) is 22. The molecule has 0 amide bonds. The first-order valence-corrected chi connectivity index (χ1v) is 44.5. The van der Waals surface area contributed by atoms with Gasteiger partial charge in [-0.1, -0.05) is 5.22 Å². The largest absolute Gasteiger partial charge is 0.475 e. The number of halogens is 9. The normalized spacial score (nSPS) is 24.6. The Hall–Kier alpha value is -10.9. The molecule has 8 fully saturated rings. The third-order valence-corrected chi connectivity index (χ3v) is 26.7. The number of nitrogens with one attached hydrogen (secondary N) is 8. The van der Waals surface area contributed by atoms with Crippen molar-refractivity contribution in [1.29, 1.82) is 10.9 Å². The molecule has 11 aliphatic rings. The van der Waals surface area contributed by atoms with Crippen LogP contribution in [0.4, 0.5) is 88.7 Å². The van der Waals surface area contributed by atoms with Crippen molar-refractivity contribution in [3.63, 3.8) is 0 Å². The van der Waals surface area contributed by atoms with Crippen LogP contribution in [0.3, 0.4) is 0 Å². The highest BCUT2D eigenvalue weighted by molar-refractivity contribution is 6.28. The van der Waals surface area contributed by atoms with Gasteiger partial charge in [0.05, 0.1) is 24.8 Å². The number of fused-ring (bicyclic) bond motifs is 11. The minimum Gasteiger partial charge on any atom is -0.475 e. The number of piperidine rings is 4. The van der Waals surface area contributed by atoms with Crippen molar-refractivity contribution in [3.05, 3.63) is 124 Å². The Morgan fingerprint density at radius 1 is 0.419 bits per heavy atom. The van der Waals surface area contributed by atoms with Crippen LogP contribution in [-0.4, -0.2) is 208 Å². The molecule has 129 heavy (non-hydrogen) atoms. The first-order valence-electron chi connectivity index (χ1n) is 43.8. The molecule has 0 bridgehead atoms. The third-order valence-electron chi connectivity index (χ3n) is 26.4. The van der Waals surface area contributed by atoms with Gasteiger partial charge < -0.3 is 51.8 Å². The van der Waals surface area contributed by atoms with E-state index in [2.05, 4.69) is 183 Å². The molecule has 8 atom stereocenters. The lowest BCUT2D eigenvalue weighted by molar-refractivity contribution is 0.0498. The lowest BCUT2D eigenvalue weighted by atomic mass is 9.84. The lowest BCUT2D eigenvalue weighted by Crippen LogP contribution is -2.55. The number of tetrazole rings is 2. The molecule has 0 radical (unpaired) electrons. The number of ether oxygens (including phenoxy) is 3. The average molecular weight is 1830 g/mol. The Labute approximate surface area is 752 Å². The standard InChI is InChI=1S/2C24H29F2N9O.2C14H20ClFN4.C10H12FN5O/c2*1-23(2)11-14(8-15-6-5-7-34(15)23)28-20-17(26)12-27-22(30-20)29-13-9-16(25)19-18(10-13)35-21(31-32-33-35)24(3,4)36-19;2*1-14(2)7-9(6-10-4-3-5-20(10)14)18-12-11(16)8-17-13(15)19-12;1-10(2)9(13)16(15-14)7-4-5(12)3-6(11)8(7)17-10/h2*9-10,12,14-15H,5-8,11H2,1-4H3,(H2,27,28,29,30);2*8-10H,3-7H2,1-2H3,(H,17,18,19);3-4,13-14H,12H2,1-2H3/t2*14-,15+;2*9-,10+;/m1010./s1. The van der Waals surface area contributed by atoms with Gasteiger partial charge in [0.25, 0.3) is 0 Å². The average Bonchev–Trinajstić information content (AvgIpc) is 1.64. The number of nitrogens with two attached hydrogens (primary N) is 1. The number of amidine groups is 1. The van der Waals surface area contributed by atoms with Crippen molar-refractivity contribution in [2.75, 3.05) is 68.8 Å². The molecule has 0 aliphatic carbocycles. The van der Waals surface area contributed by atoms with Crippen LogP contribution >= 0.6 is 23.2 Å². The summed E-state index contributed by atoms with van der Waals surface area (Å²) >= 11 is 11.5. The molecule has 6 aromatic heterocycles. The Bertz CT molecular complexity index is 5400. The summed E-state index contributed by atoms with van der Waals surface area (Å²) in [6.45, 7) is 32.9. The first kappa shape index (κ1) is 91.4. The van der Waals surface area contributed by atoms with Gasteiger partial charge in [-0.2, -0.15) is 39.8 Å². The summed E-state index contributed by atoms with van der Waals surface area (Å²) in [5.41, 5.74) is 11.9.